The average Bonchev–Trinajstić information content (AvgIpc) is 2.29. The molecule has 0 heterocycles. The van der Waals surface area contributed by atoms with Crippen LogP contribution in [0.3, 0.4) is 0 Å². The molecule has 0 saturated carbocycles. The second kappa shape index (κ2) is 6.05. The van der Waals surface area contributed by atoms with Crippen LogP contribution in [0.2, 0.25) is 0 Å². The highest BCUT2D eigenvalue weighted by atomic mass is 19.1. The number of hydrogen-bond donors (Lipinski definition) is 0. The highest BCUT2D eigenvalue weighted by Crippen LogP contribution is 2.16. The Morgan fingerprint density at radius 3 is 2.56 bits per heavy atom. The molecule has 0 saturated heterocycles. The number of halogens is 1. The van der Waals surface area contributed by atoms with Gasteiger partial charge >= 0.3 is 0 Å². The molecule has 0 unspecified atom stereocenters. The maximum absolute atomic E-state index is 12.8. The first-order valence-electron chi connectivity index (χ1n) is 5.28. The summed E-state index contributed by atoms with van der Waals surface area (Å²) in [5.74, 6) is -0.274. The third kappa shape index (κ3) is 3.50. The van der Waals surface area contributed by atoms with E-state index < -0.39 is 0 Å². The number of nitrogens with zero attached hydrogens (tertiary/aromatic N) is 1. The lowest BCUT2D eigenvalue weighted by molar-refractivity contribution is -0.106. The predicted octanol–water partition coefficient (Wildman–Crippen LogP) is 2.80. The molecule has 0 spiro atoms. The van der Waals surface area contributed by atoms with Gasteiger partial charge < -0.3 is 9.69 Å². The third-order valence-electron chi connectivity index (χ3n) is 2.40. The van der Waals surface area contributed by atoms with Gasteiger partial charge in [0.2, 0.25) is 0 Å². The molecule has 1 aromatic rings. The minimum Gasteiger partial charge on any atom is -0.361 e. The van der Waals surface area contributed by atoms with Crippen LogP contribution in [0.5, 0.6) is 0 Å². The molecule has 0 N–H and O–H groups in total. The van der Waals surface area contributed by atoms with Gasteiger partial charge in [0, 0.05) is 12.2 Å². The molecule has 3 heteroatoms. The van der Waals surface area contributed by atoms with Gasteiger partial charge in [0.25, 0.3) is 0 Å². The largest absolute Gasteiger partial charge is 0.361 e. The summed E-state index contributed by atoms with van der Waals surface area (Å²) in [4.78, 5) is 12.5. The third-order valence-corrected chi connectivity index (χ3v) is 2.40. The summed E-state index contributed by atoms with van der Waals surface area (Å²) < 4.78 is 12.8. The number of hydrogen-bond acceptors (Lipinski definition) is 2. The van der Waals surface area contributed by atoms with Crippen molar-refractivity contribution >= 4 is 12.0 Å². The van der Waals surface area contributed by atoms with Crippen molar-refractivity contribution in [2.45, 2.75) is 13.3 Å². The van der Waals surface area contributed by atoms with Crippen molar-refractivity contribution in [1.82, 2.24) is 0 Å². The zero-order valence-electron chi connectivity index (χ0n) is 9.45. The molecule has 0 radical (unpaired) electrons. The van der Waals surface area contributed by atoms with Gasteiger partial charge in [-0.05, 0) is 30.7 Å². The topological polar surface area (TPSA) is 20.3 Å². The standard InChI is InChI=1S/C13H16FNO/c1-3-11(2)10-15(8-9-16)13-6-4-12(14)5-7-13/h4-7,9H,2-3,8,10H2,1H3. The van der Waals surface area contributed by atoms with Crippen LogP contribution in [-0.4, -0.2) is 19.4 Å². The summed E-state index contributed by atoms with van der Waals surface area (Å²) in [6.07, 6.45) is 1.71. The number of aldehydes is 1. The summed E-state index contributed by atoms with van der Waals surface area (Å²) >= 11 is 0. The number of rotatable bonds is 6. The van der Waals surface area contributed by atoms with E-state index in [0.717, 1.165) is 24.0 Å². The lowest BCUT2D eigenvalue weighted by Gasteiger charge is -2.23. The molecule has 0 aliphatic rings. The van der Waals surface area contributed by atoms with Crippen LogP contribution in [0.1, 0.15) is 13.3 Å². The highest BCUT2D eigenvalue weighted by Gasteiger charge is 2.06. The molecular weight excluding hydrogens is 205 g/mol. The Balaban J connectivity index is 2.80. The van der Waals surface area contributed by atoms with Crippen LogP contribution in [0.4, 0.5) is 10.1 Å². The van der Waals surface area contributed by atoms with Crippen molar-refractivity contribution < 1.29 is 9.18 Å². The molecule has 1 aromatic carbocycles. The van der Waals surface area contributed by atoms with E-state index in [4.69, 9.17) is 0 Å². The van der Waals surface area contributed by atoms with Gasteiger partial charge in [0.15, 0.2) is 0 Å². The second-order valence-electron chi connectivity index (χ2n) is 3.63. The van der Waals surface area contributed by atoms with Crippen molar-refractivity contribution in [2.24, 2.45) is 0 Å². The lowest BCUT2D eigenvalue weighted by atomic mass is 10.2. The normalized spacial score (nSPS) is 9.88. The number of benzene rings is 1. The van der Waals surface area contributed by atoms with Crippen molar-refractivity contribution in [1.29, 1.82) is 0 Å². The van der Waals surface area contributed by atoms with Crippen molar-refractivity contribution in [3.05, 3.63) is 42.2 Å². The van der Waals surface area contributed by atoms with Crippen LogP contribution < -0.4 is 4.90 Å². The quantitative estimate of drug-likeness (QED) is 0.544. The Bertz CT molecular complexity index is 359. The molecule has 0 fully saturated rings. The summed E-state index contributed by atoms with van der Waals surface area (Å²) in [5, 5.41) is 0. The Labute approximate surface area is 95.4 Å². The van der Waals surface area contributed by atoms with Gasteiger partial charge in [-0.25, -0.2) is 4.39 Å². The first-order valence-corrected chi connectivity index (χ1v) is 5.28. The molecular formula is C13H16FNO. The predicted molar refractivity (Wildman–Crippen MR) is 64.1 cm³/mol. The number of carbonyl (C=O) groups excluding carboxylic acids is 1. The van der Waals surface area contributed by atoms with Crippen LogP contribution in [0, 0.1) is 5.82 Å². The maximum Gasteiger partial charge on any atom is 0.139 e. The van der Waals surface area contributed by atoms with E-state index in [1.807, 2.05) is 11.8 Å². The molecule has 2 nitrogen and oxygen atoms in total. The summed E-state index contributed by atoms with van der Waals surface area (Å²) in [5.41, 5.74) is 1.88. The smallest absolute Gasteiger partial charge is 0.139 e. The molecule has 0 aromatic heterocycles. The fourth-order valence-corrected chi connectivity index (χ4v) is 1.38. The Hall–Kier alpha value is -1.64. The van der Waals surface area contributed by atoms with E-state index in [1.165, 1.54) is 12.1 Å². The molecule has 0 bridgehead atoms. The van der Waals surface area contributed by atoms with Crippen molar-refractivity contribution in [3.63, 3.8) is 0 Å². The fraction of sp³-hybridized carbons (Fsp3) is 0.308. The van der Waals surface area contributed by atoms with Crippen LogP contribution in [-0.2, 0) is 4.79 Å². The monoisotopic (exact) mass is 221 g/mol. The molecule has 16 heavy (non-hydrogen) atoms. The van der Waals surface area contributed by atoms with E-state index in [0.29, 0.717) is 13.1 Å². The van der Waals surface area contributed by atoms with E-state index in [-0.39, 0.29) is 5.82 Å². The number of anilines is 1. The van der Waals surface area contributed by atoms with Gasteiger partial charge in [-0.1, -0.05) is 19.1 Å². The molecule has 1 rings (SSSR count). The second-order valence-corrected chi connectivity index (χ2v) is 3.63. The molecule has 0 aliphatic carbocycles. The fourth-order valence-electron chi connectivity index (χ4n) is 1.38. The minimum atomic E-state index is -0.274. The Morgan fingerprint density at radius 2 is 2.06 bits per heavy atom. The molecule has 86 valence electrons. The number of carbonyl (C=O) groups is 1. The SMILES string of the molecule is C=C(CC)CN(CC=O)c1ccc(F)cc1. The van der Waals surface area contributed by atoms with Gasteiger partial charge in [0.05, 0.1) is 6.54 Å². The summed E-state index contributed by atoms with van der Waals surface area (Å²) in [6, 6.07) is 6.12. The van der Waals surface area contributed by atoms with Crippen LogP contribution in [0.15, 0.2) is 36.4 Å². The highest BCUT2D eigenvalue weighted by molar-refractivity contribution is 5.61. The minimum absolute atomic E-state index is 0.274. The average molecular weight is 221 g/mol. The maximum atomic E-state index is 12.8. The Morgan fingerprint density at radius 1 is 1.44 bits per heavy atom. The zero-order chi connectivity index (χ0) is 12.0. The van der Waals surface area contributed by atoms with Gasteiger partial charge in [-0.2, -0.15) is 0 Å². The van der Waals surface area contributed by atoms with Crippen LogP contribution >= 0.6 is 0 Å². The van der Waals surface area contributed by atoms with E-state index in [2.05, 4.69) is 6.58 Å². The van der Waals surface area contributed by atoms with Gasteiger partial charge in [0.1, 0.15) is 12.1 Å². The molecule has 0 aliphatic heterocycles. The van der Waals surface area contributed by atoms with Gasteiger partial charge in [-0.3, -0.25) is 0 Å². The Kier molecular flexibility index (Phi) is 4.70. The molecule has 0 atom stereocenters. The van der Waals surface area contributed by atoms with E-state index >= 15 is 0 Å². The van der Waals surface area contributed by atoms with Gasteiger partial charge in [-0.15, -0.1) is 0 Å². The summed E-state index contributed by atoms with van der Waals surface area (Å²) in [6.45, 7) is 6.85. The summed E-state index contributed by atoms with van der Waals surface area (Å²) in [7, 11) is 0. The zero-order valence-corrected chi connectivity index (χ0v) is 9.45. The lowest BCUT2D eigenvalue weighted by Crippen LogP contribution is -2.27. The van der Waals surface area contributed by atoms with E-state index in [1.54, 1.807) is 12.1 Å². The van der Waals surface area contributed by atoms with Crippen molar-refractivity contribution in [3.8, 4) is 0 Å². The van der Waals surface area contributed by atoms with Crippen LogP contribution in [0.25, 0.3) is 0 Å². The van der Waals surface area contributed by atoms with Crippen molar-refractivity contribution in [2.75, 3.05) is 18.0 Å². The first-order chi connectivity index (χ1) is 7.67. The van der Waals surface area contributed by atoms with E-state index in [9.17, 15) is 9.18 Å². The molecule has 0 amide bonds. The first kappa shape index (κ1) is 12.4.